The van der Waals surface area contributed by atoms with Crippen LogP contribution in [0.25, 0.3) is 0 Å². The van der Waals surface area contributed by atoms with E-state index < -0.39 is 0 Å². The van der Waals surface area contributed by atoms with Crippen LogP contribution >= 0.6 is 0 Å². The standard InChI is InChI=1S/C14H27N5O/c1-4-12-7-5-6-8-13(12)19-14(16-17-18-19)11(2)15-9-10-20-3/h11-13,15H,4-10H2,1-3H3. The Hall–Kier alpha value is -1.01. The maximum absolute atomic E-state index is 5.07. The Balaban J connectivity index is 2.06. The number of methoxy groups -OCH3 is 1. The van der Waals surface area contributed by atoms with Crippen molar-refractivity contribution in [2.24, 2.45) is 5.92 Å². The fraction of sp³-hybridized carbons (Fsp3) is 0.929. The Bertz CT molecular complexity index is 395. The highest BCUT2D eigenvalue weighted by Gasteiger charge is 2.29. The Morgan fingerprint density at radius 1 is 1.40 bits per heavy atom. The summed E-state index contributed by atoms with van der Waals surface area (Å²) < 4.78 is 7.14. The minimum atomic E-state index is 0.152. The molecular formula is C14H27N5O. The minimum Gasteiger partial charge on any atom is -0.383 e. The largest absolute Gasteiger partial charge is 0.383 e. The molecule has 2 rings (SSSR count). The first-order chi connectivity index (χ1) is 9.77. The molecule has 1 N–H and O–H groups in total. The third-order valence-corrected chi connectivity index (χ3v) is 4.37. The lowest BCUT2D eigenvalue weighted by Crippen LogP contribution is -2.30. The SMILES string of the molecule is CCC1CCCCC1n1nnnc1C(C)NCCOC. The molecule has 0 saturated heterocycles. The molecule has 1 aromatic rings. The number of aromatic nitrogens is 4. The highest BCUT2D eigenvalue weighted by Crippen LogP contribution is 2.36. The Kier molecular flexibility index (Phi) is 5.91. The van der Waals surface area contributed by atoms with Gasteiger partial charge < -0.3 is 10.1 Å². The van der Waals surface area contributed by atoms with Gasteiger partial charge >= 0.3 is 0 Å². The summed E-state index contributed by atoms with van der Waals surface area (Å²) in [5.74, 6) is 1.66. The van der Waals surface area contributed by atoms with Crippen molar-refractivity contribution in [3.8, 4) is 0 Å². The molecule has 6 heteroatoms. The van der Waals surface area contributed by atoms with Gasteiger partial charge in [-0.2, -0.15) is 0 Å². The molecule has 1 fully saturated rings. The van der Waals surface area contributed by atoms with E-state index in [4.69, 9.17) is 4.74 Å². The molecule has 0 radical (unpaired) electrons. The lowest BCUT2D eigenvalue weighted by atomic mass is 9.83. The molecule has 1 aliphatic rings. The van der Waals surface area contributed by atoms with Crippen molar-refractivity contribution in [3.63, 3.8) is 0 Å². The van der Waals surface area contributed by atoms with Crippen LogP contribution in [0.4, 0.5) is 0 Å². The van der Waals surface area contributed by atoms with E-state index in [1.54, 1.807) is 7.11 Å². The van der Waals surface area contributed by atoms with Crippen LogP contribution in [0, 0.1) is 5.92 Å². The number of nitrogens with zero attached hydrogens (tertiary/aromatic N) is 4. The second-order valence-corrected chi connectivity index (χ2v) is 5.67. The predicted molar refractivity (Wildman–Crippen MR) is 77.4 cm³/mol. The number of hydrogen-bond donors (Lipinski definition) is 1. The summed E-state index contributed by atoms with van der Waals surface area (Å²) in [6.07, 6.45) is 6.32. The zero-order valence-electron chi connectivity index (χ0n) is 12.9. The van der Waals surface area contributed by atoms with Crippen molar-refractivity contribution in [2.75, 3.05) is 20.3 Å². The summed E-state index contributed by atoms with van der Waals surface area (Å²) in [5.41, 5.74) is 0. The highest BCUT2D eigenvalue weighted by molar-refractivity contribution is 4.94. The van der Waals surface area contributed by atoms with Gasteiger partial charge in [-0.15, -0.1) is 5.10 Å². The molecule has 1 heterocycles. The molecule has 0 amide bonds. The maximum Gasteiger partial charge on any atom is 0.168 e. The third-order valence-electron chi connectivity index (χ3n) is 4.37. The molecule has 0 aliphatic heterocycles. The van der Waals surface area contributed by atoms with E-state index in [1.807, 2.05) is 0 Å². The molecule has 1 aromatic heterocycles. The average Bonchev–Trinajstić information content (AvgIpc) is 2.96. The summed E-state index contributed by atoms with van der Waals surface area (Å²) in [6, 6.07) is 0.616. The quantitative estimate of drug-likeness (QED) is 0.775. The monoisotopic (exact) mass is 281 g/mol. The van der Waals surface area contributed by atoms with E-state index in [1.165, 1.54) is 32.1 Å². The van der Waals surface area contributed by atoms with Crippen molar-refractivity contribution >= 4 is 0 Å². The van der Waals surface area contributed by atoms with Crippen molar-refractivity contribution < 1.29 is 4.74 Å². The molecule has 0 bridgehead atoms. The van der Waals surface area contributed by atoms with Crippen LogP contribution in [-0.2, 0) is 4.74 Å². The topological polar surface area (TPSA) is 64.9 Å². The smallest absolute Gasteiger partial charge is 0.168 e. The molecular weight excluding hydrogens is 254 g/mol. The van der Waals surface area contributed by atoms with E-state index >= 15 is 0 Å². The first kappa shape index (κ1) is 15.4. The molecule has 0 spiro atoms. The van der Waals surface area contributed by atoms with Crippen molar-refractivity contribution in [3.05, 3.63) is 5.82 Å². The molecule has 0 aromatic carbocycles. The highest BCUT2D eigenvalue weighted by atomic mass is 16.5. The Morgan fingerprint density at radius 3 is 2.95 bits per heavy atom. The number of nitrogens with one attached hydrogen (secondary N) is 1. The Morgan fingerprint density at radius 2 is 2.20 bits per heavy atom. The first-order valence-electron chi connectivity index (χ1n) is 7.78. The molecule has 6 nitrogen and oxygen atoms in total. The summed E-state index contributed by atoms with van der Waals surface area (Å²) in [7, 11) is 1.71. The predicted octanol–water partition coefficient (Wildman–Crippen LogP) is 2.11. The molecule has 3 unspecified atom stereocenters. The van der Waals surface area contributed by atoms with E-state index in [0.717, 1.165) is 12.4 Å². The van der Waals surface area contributed by atoms with Gasteiger partial charge in [0.1, 0.15) is 0 Å². The molecule has 20 heavy (non-hydrogen) atoms. The summed E-state index contributed by atoms with van der Waals surface area (Å²) in [5, 5.41) is 15.8. The van der Waals surface area contributed by atoms with Gasteiger partial charge in [-0.25, -0.2) is 4.68 Å². The zero-order valence-corrected chi connectivity index (χ0v) is 12.9. The minimum absolute atomic E-state index is 0.152. The van der Waals surface area contributed by atoms with Crippen LogP contribution in [-0.4, -0.2) is 40.5 Å². The fourth-order valence-corrected chi connectivity index (χ4v) is 3.18. The average molecular weight is 281 g/mol. The van der Waals surface area contributed by atoms with E-state index in [-0.39, 0.29) is 6.04 Å². The molecule has 3 atom stereocenters. The first-order valence-corrected chi connectivity index (χ1v) is 7.78. The van der Waals surface area contributed by atoms with E-state index in [0.29, 0.717) is 18.6 Å². The Labute approximate surface area is 121 Å². The normalized spacial score (nSPS) is 24.8. The molecule has 114 valence electrons. The van der Waals surface area contributed by atoms with Gasteiger partial charge in [-0.1, -0.05) is 26.2 Å². The number of tetrazole rings is 1. The van der Waals surface area contributed by atoms with Crippen molar-refractivity contribution in [1.82, 2.24) is 25.5 Å². The van der Waals surface area contributed by atoms with Crippen molar-refractivity contribution in [2.45, 2.75) is 58.0 Å². The van der Waals surface area contributed by atoms with Gasteiger partial charge in [0.05, 0.1) is 18.7 Å². The third kappa shape index (κ3) is 3.55. The van der Waals surface area contributed by atoms with Gasteiger partial charge in [0, 0.05) is 13.7 Å². The summed E-state index contributed by atoms with van der Waals surface area (Å²) in [4.78, 5) is 0. The van der Waals surface area contributed by atoms with Gasteiger partial charge in [-0.05, 0) is 36.1 Å². The lowest BCUT2D eigenvalue weighted by Gasteiger charge is -2.31. The number of rotatable bonds is 7. The summed E-state index contributed by atoms with van der Waals surface area (Å²) in [6.45, 7) is 5.90. The number of hydrogen-bond acceptors (Lipinski definition) is 5. The maximum atomic E-state index is 5.07. The van der Waals surface area contributed by atoms with Gasteiger partial charge in [0.25, 0.3) is 0 Å². The second-order valence-electron chi connectivity index (χ2n) is 5.67. The lowest BCUT2D eigenvalue weighted by molar-refractivity contribution is 0.191. The van der Waals surface area contributed by atoms with Crippen LogP contribution in [0.15, 0.2) is 0 Å². The van der Waals surface area contributed by atoms with Crippen LogP contribution in [0.3, 0.4) is 0 Å². The van der Waals surface area contributed by atoms with Gasteiger partial charge in [0.2, 0.25) is 0 Å². The van der Waals surface area contributed by atoms with E-state index in [9.17, 15) is 0 Å². The molecule has 1 aliphatic carbocycles. The van der Waals surface area contributed by atoms with Crippen LogP contribution < -0.4 is 5.32 Å². The van der Waals surface area contributed by atoms with Gasteiger partial charge in [0.15, 0.2) is 5.82 Å². The number of ether oxygens (including phenoxy) is 1. The van der Waals surface area contributed by atoms with Crippen molar-refractivity contribution in [1.29, 1.82) is 0 Å². The van der Waals surface area contributed by atoms with E-state index in [2.05, 4.69) is 39.4 Å². The van der Waals surface area contributed by atoms with Crippen LogP contribution in [0.1, 0.15) is 63.9 Å². The molecule has 1 saturated carbocycles. The summed E-state index contributed by atoms with van der Waals surface area (Å²) >= 11 is 0. The van der Waals surface area contributed by atoms with Gasteiger partial charge in [-0.3, -0.25) is 0 Å². The van der Waals surface area contributed by atoms with Crippen LogP contribution in [0.2, 0.25) is 0 Å². The second kappa shape index (κ2) is 7.69. The fourth-order valence-electron chi connectivity index (χ4n) is 3.18. The zero-order chi connectivity index (χ0) is 14.4. The van der Waals surface area contributed by atoms with Crippen LogP contribution in [0.5, 0.6) is 0 Å².